The molecule has 0 aromatic heterocycles. The Morgan fingerprint density at radius 1 is 0.532 bits per heavy atom. The van der Waals surface area contributed by atoms with Crippen LogP contribution in [0.25, 0.3) is 0 Å². The molecule has 0 amide bonds. The number of ketones is 1. The van der Waals surface area contributed by atoms with Crippen molar-refractivity contribution in [3.05, 3.63) is 0 Å². The molecule has 0 aliphatic carbocycles. The van der Waals surface area contributed by atoms with Gasteiger partial charge in [-0.3, -0.25) is 9.59 Å². The fourth-order valence-electron chi connectivity index (χ4n) is 6.34. The minimum Gasteiger partial charge on any atom is -0.462 e. The van der Waals surface area contributed by atoms with Crippen molar-refractivity contribution < 1.29 is 24.2 Å². The maximum atomic E-state index is 12.7. The second-order valence-electron chi connectivity index (χ2n) is 14.1. The van der Waals surface area contributed by atoms with Crippen LogP contribution in [-0.2, 0) is 19.1 Å². The number of unbranched alkanes of at least 4 members (excludes halogenated alkanes) is 20. The van der Waals surface area contributed by atoms with Crippen molar-refractivity contribution in [2.75, 3.05) is 39.5 Å². The molecule has 6 nitrogen and oxygen atoms in total. The first-order valence-corrected chi connectivity index (χ1v) is 20.7. The normalized spacial score (nSPS) is 11.6. The lowest BCUT2D eigenvalue weighted by atomic mass is 10.0. The average Bonchev–Trinajstić information content (AvgIpc) is 3.06. The van der Waals surface area contributed by atoms with E-state index in [0.717, 1.165) is 70.9 Å². The molecular formula is C41H81NO5. The molecule has 0 saturated carbocycles. The van der Waals surface area contributed by atoms with E-state index in [4.69, 9.17) is 9.47 Å². The summed E-state index contributed by atoms with van der Waals surface area (Å²) in [4.78, 5) is 27.1. The van der Waals surface area contributed by atoms with Crippen molar-refractivity contribution in [2.24, 2.45) is 0 Å². The van der Waals surface area contributed by atoms with Gasteiger partial charge in [0.05, 0.1) is 6.61 Å². The van der Waals surface area contributed by atoms with Crippen LogP contribution in [0.2, 0.25) is 0 Å². The van der Waals surface area contributed by atoms with E-state index in [2.05, 4.69) is 25.7 Å². The Kier molecular flexibility index (Phi) is 37.0. The molecule has 0 aliphatic heterocycles. The summed E-state index contributed by atoms with van der Waals surface area (Å²) >= 11 is 0. The molecule has 0 fully saturated rings. The molecule has 0 atom stereocenters. The zero-order valence-electron chi connectivity index (χ0n) is 31.9. The maximum Gasteiger partial charge on any atom is 0.306 e. The van der Waals surface area contributed by atoms with Gasteiger partial charge >= 0.3 is 5.97 Å². The number of nitrogens with zero attached hydrogens (tertiary/aromatic N) is 1. The molecule has 0 spiro atoms. The fourth-order valence-corrected chi connectivity index (χ4v) is 6.34. The number of rotatable bonds is 39. The van der Waals surface area contributed by atoms with E-state index >= 15 is 0 Å². The van der Waals surface area contributed by atoms with Crippen LogP contribution < -0.4 is 0 Å². The van der Waals surface area contributed by atoms with Crippen molar-refractivity contribution in [3.63, 3.8) is 0 Å². The first-order chi connectivity index (χ1) is 23.1. The van der Waals surface area contributed by atoms with Crippen LogP contribution in [0.15, 0.2) is 0 Å². The zero-order chi connectivity index (χ0) is 34.5. The number of carbonyl (C=O) groups excluding carboxylic acids is 2. The Labute approximate surface area is 292 Å². The lowest BCUT2D eigenvalue weighted by Gasteiger charge is -2.21. The van der Waals surface area contributed by atoms with Crippen LogP contribution in [0, 0.1) is 0 Å². The van der Waals surface area contributed by atoms with Crippen molar-refractivity contribution in [1.29, 1.82) is 0 Å². The number of hydrogen-bond donors (Lipinski definition) is 1. The van der Waals surface area contributed by atoms with E-state index in [1.165, 1.54) is 116 Å². The van der Waals surface area contributed by atoms with E-state index in [-0.39, 0.29) is 31.1 Å². The van der Waals surface area contributed by atoms with Crippen LogP contribution in [0.4, 0.5) is 0 Å². The van der Waals surface area contributed by atoms with Gasteiger partial charge in [-0.05, 0) is 64.5 Å². The highest BCUT2D eigenvalue weighted by Crippen LogP contribution is 2.18. The van der Waals surface area contributed by atoms with E-state index < -0.39 is 0 Å². The third kappa shape index (κ3) is 34.7. The predicted molar refractivity (Wildman–Crippen MR) is 200 cm³/mol. The van der Waals surface area contributed by atoms with Crippen LogP contribution in [-0.4, -0.2) is 67.3 Å². The molecule has 0 aliphatic rings. The molecule has 0 radical (unpaired) electrons. The van der Waals surface area contributed by atoms with Gasteiger partial charge < -0.3 is 19.5 Å². The minimum absolute atomic E-state index is 0.00108. The molecule has 0 bridgehead atoms. The van der Waals surface area contributed by atoms with E-state index in [1.54, 1.807) is 0 Å². The average molecular weight is 668 g/mol. The third-order valence-electron chi connectivity index (χ3n) is 9.41. The highest BCUT2D eigenvalue weighted by Gasteiger charge is 2.14. The molecule has 0 heterocycles. The predicted octanol–water partition coefficient (Wildman–Crippen LogP) is 11.2. The number of hydrogen-bond acceptors (Lipinski definition) is 6. The van der Waals surface area contributed by atoms with Gasteiger partial charge in [-0.1, -0.05) is 143 Å². The second-order valence-corrected chi connectivity index (χ2v) is 14.1. The molecule has 0 unspecified atom stereocenters. The number of carbonyl (C=O) groups is 2. The van der Waals surface area contributed by atoms with Gasteiger partial charge in [-0.25, -0.2) is 0 Å². The minimum atomic E-state index is -0.00108. The van der Waals surface area contributed by atoms with Crippen molar-refractivity contribution >= 4 is 11.8 Å². The van der Waals surface area contributed by atoms with Crippen LogP contribution in [0.3, 0.4) is 0 Å². The summed E-state index contributed by atoms with van der Waals surface area (Å²) < 4.78 is 11.6. The van der Waals surface area contributed by atoms with Gasteiger partial charge in [-0.2, -0.15) is 0 Å². The molecule has 0 rings (SSSR count). The molecule has 1 N–H and O–H groups in total. The highest BCUT2D eigenvalue weighted by atomic mass is 16.5. The highest BCUT2D eigenvalue weighted by molar-refractivity contribution is 5.79. The topological polar surface area (TPSA) is 76.1 Å². The monoisotopic (exact) mass is 668 g/mol. The summed E-state index contributed by atoms with van der Waals surface area (Å²) in [6, 6.07) is 0. The van der Waals surface area contributed by atoms with Crippen LogP contribution in [0.1, 0.15) is 207 Å². The molecule has 0 aromatic rings. The Bertz CT molecular complexity index is 642. The van der Waals surface area contributed by atoms with Gasteiger partial charge in [0.2, 0.25) is 0 Å². The van der Waals surface area contributed by atoms with Crippen LogP contribution in [0.5, 0.6) is 0 Å². The van der Waals surface area contributed by atoms with Gasteiger partial charge in [0, 0.05) is 26.0 Å². The van der Waals surface area contributed by atoms with Gasteiger partial charge in [0.25, 0.3) is 0 Å². The van der Waals surface area contributed by atoms with E-state index in [0.29, 0.717) is 26.0 Å². The SMILES string of the molecule is CCCCCCCCCOCC(=O)CCCN(CCO)CCCCCCCC(=O)OC(CCCCCCCC)CCCCCCCC. The number of Topliss-reactive ketones (excluding diaryl/α,β-unsaturated/α-hetero) is 1. The lowest BCUT2D eigenvalue weighted by molar-refractivity contribution is -0.150. The molecule has 47 heavy (non-hydrogen) atoms. The molecule has 6 heteroatoms. The molecule has 0 saturated heterocycles. The first-order valence-electron chi connectivity index (χ1n) is 20.7. The standard InChI is InChI=1S/C41H81NO5/c1-4-7-10-13-16-22-27-37-46-38-39(44)29-28-34-42(35-36-43)33-26-21-17-20-25-32-41(45)47-40(30-23-18-14-11-8-5-2)31-24-19-15-12-9-6-3/h40,43H,4-38H2,1-3H3. The number of aliphatic hydroxyl groups is 1. The summed E-state index contributed by atoms with van der Waals surface area (Å²) in [5.41, 5.74) is 0. The fraction of sp³-hybridized carbons (Fsp3) is 0.951. The van der Waals surface area contributed by atoms with Gasteiger partial charge in [0.1, 0.15) is 12.7 Å². The largest absolute Gasteiger partial charge is 0.462 e. The molecular weight excluding hydrogens is 586 g/mol. The Balaban J connectivity index is 4.03. The number of ether oxygens (including phenoxy) is 2. The zero-order valence-corrected chi connectivity index (χ0v) is 31.9. The second kappa shape index (κ2) is 37.8. The lowest BCUT2D eigenvalue weighted by Crippen LogP contribution is -2.29. The molecule has 280 valence electrons. The third-order valence-corrected chi connectivity index (χ3v) is 9.41. The van der Waals surface area contributed by atoms with E-state index in [9.17, 15) is 14.7 Å². The Morgan fingerprint density at radius 2 is 1.00 bits per heavy atom. The van der Waals surface area contributed by atoms with Crippen molar-refractivity contribution in [3.8, 4) is 0 Å². The van der Waals surface area contributed by atoms with Gasteiger partial charge in [-0.15, -0.1) is 0 Å². The van der Waals surface area contributed by atoms with Gasteiger partial charge in [0.15, 0.2) is 5.78 Å². The number of aliphatic hydroxyl groups excluding tert-OH is 1. The van der Waals surface area contributed by atoms with Crippen molar-refractivity contribution in [2.45, 2.75) is 213 Å². The summed E-state index contributed by atoms with van der Waals surface area (Å²) in [6.07, 6.45) is 33.5. The van der Waals surface area contributed by atoms with Crippen LogP contribution >= 0.6 is 0 Å². The van der Waals surface area contributed by atoms with Crippen molar-refractivity contribution in [1.82, 2.24) is 4.90 Å². The number of esters is 1. The quantitative estimate of drug-likeness (QED) is 0.0519. The molecule has 0 aromatic carbocycles. The maximum absolute atomic E-state index is 12.7. The summed E-state index contributed by atoms with van der Waals surface area (Å²) in [6.45, 7) is 10.3. The van der Waals surface area contributed by atoms with E-state index in [1.807, 2.05) is 0 Å². The summed E-state index contributed by atoms with van der Waals surface area (Å²) in [7, 11) is 0. The first kappa shape index (κ1) is 46.0. The summed E-state index contributed by atoms with van der Waals surface area (Å²) in [5, 5.41) is 9.49. The Morgan fingerprint density at radius 3 is 1.55 bits per heavy atom. The smallest absolute Gasteiger partial charge is 0.306 e. The summed E-state index contributed by atoms with van der Waals surface area (Å²) in [5.74, 6) is 0.186. The Hall–Kier alpha value is -0.980.